The number of para-hydroxylation sites is 2. The summed E-state index contributed by atoms with van der Waals surface area (Å²) in [5, 5.41) is 6.50. The molecule has 1 unspecified atom stereocenters. The summed E-state index contributed by atoms with van der Waals surface area (Å²) in [4.78, 5) is 20.5. The first-order valence-electron chi connectivity index (χ1n) is 8.11. The summed E-state index contributed by atoms with van der Waals surface area (Å²) >= 11 is 0. The molecule has 1 atom stereocenters. The Bertz CT molecular complexity index is 610. The highest BCUT2D eigenvalue weighted by molar-refractivity contribution is 5.79. The van der Waals surface area contributed by atoms with Gasteiger partial charge >= 0.3 is 0 Å². The maximum Gasteiger partial charge on any atom is 0.223 e. The zero-order valence-electron chi connectivity index (χ0n) is 13.2. The standard InChI is InChI=1S/C17H24N4O/c1-11(2)15(21-17(22)12-7-9-18-10-8-12)16-19-13-5-3-4-6-14(13)20-16/h3-6,11-12,15,18H,7-10H2,1-2H3,(H,19,20)(H,21,22). The number of piperidine rings is 1. The predicted molar refractivity (Wildman–Crippen MR) is 87.4 cm³/mol. The van der Waals surface area contributed by atoms with E-state index in [1.165, 1.54) is 0 Å². The van der Waals surface area contributed by atoms with Crippen LogP contribution in [0.25, 0.3) is 11.0 Å². The molecular weight excluding hydrogens is 276 g/mol. The van der Waals surface area contributed by atoms with Gasteiger partial charge in [0.25, 0.3) is 0 Å². The van der Waals surface area contributed by atoms with Gasteiger partial charge in [0.05, 0.1) is 17.1 Å². The maximum absolute atomic E-state index is 12.5. The van der Waals surface area contributed by atoms with Crippen LogP contribution in [0.1, 0.15) is 38.6 Å². The molecule has 3 N–H and O–H groups in total. The molecule has 1 amide bonds. The summed E-state index contributed by atoms with van der Waals surface area (Å²) in [5.74, 6) is 1.40. The van der Waals surface area contributed by atoms with Crippen LogP contribution in [-0.4, -0.2) is 29.0 Å². The second kappa shape index (κ2) is 6.48. The van der Waals surface area contributed by atoms with E-state index < -0.39 is 0 Å². The number of rotatable bonds is 4. The van der Waals surface area contributed by atoms with Gasteiger partial charge < -0.3 is 15.6 Å². The highest BCUT2D eigenvalue weighted by atomic mass is 16.2. The van der Waals surface area contributed by atoms with Crippen molar-refractivity contribution in [2.75, 3.05) is 13.1 Å². The minimum Gasteiger partial charge on any atom is -0.346 e. The Morgan fingerprint density at radius 2 is 2.00 bits per heavy atom. The largest absolute Gasteiger partial charge is 0.346 e. The lowest BCUT2D eigenvalue weighted by atomic mass is 9.95. The molecule has 1 aliphatic heterocycles. The highest BCUT2D eigenvalue weighted by Crippen LogP contribution is 2.23. The van der Waals surface area contributed by atoms with Crippen LogP contribution in [0.4, 0.5) is 0 Å². The third-order valence-corrected chi connectivity index (χ3v) is 4.38. The van der Waals surface area contributed by atoms with E-state index in [9.17, 15) is 4.79 Å². The average molecular weight is 300 g/mol. The Morgan fingerprint density at radius 3 is 2.68 bits per heavy atom. The van der Waals surface area contributed by atoms with Crippen LogP contribution in [-0.2, 0) is 4.79 Å². The first-order valence-corrected chi connectivity index (χ1v) is 8.11. The smallest absolute Gasteiger partial charge is 0.223 e. The molecule has 22 heavy (non-hydrogen) atoms. The first-order chi connectivity index (χ1) is 10.6. The summed E-state index contributed by atoms with van der Waals surface area (Å²) in [6.45, 7) is 6.07. The highest BCUT2D eigenvalue weighted by Gasteiger charge is 2.27. The van der Waals surface area contributed by atoms with Gasteiger partial charge in [-0.1, -0.05) is 26.0 Å². The van der Waals surface area contributed by atoms with Crippen molar-refractivity contribution in [3.63, 3.8) is 0 Å². The van der Waals surface area contributed by atoms with E-state index in [-0.39, 0.29) is 23.8 Å². The van der Waals surface area contributed by atoms with Crippen LogP contribution in [0.3, 0.4) is 0 Å². The third kappa shape index (κ3) is 3.14. The SMILES string of the molecule is CC(C)C(NC(=O)C1CCNCC1)c1nc2ccccc2[nH]1. The Morgan fingerprint density at radius 1 is 1.27 bits per heavy atom. The molecule has 1 saturated heterocycles. The summed E-state index contributed by atoms with van der Waals surface area (Å²) in [6.07, 6.45) is 1.83. The lowest BCUT2D eigenvalue weighted by molar-refractivity contribution is -0.126. The van der Waals surface area contributed by atoms with Crippen LogP contribution in [0.15, 0.2) is 24.3 Å². The number of fused-ring (bicyclic) bond motifs is 1. The monoisotopic (exact) mass is 300 g/mol. The number of benzene rings is 1. The summed E-state index contributed by atoms with van der Waals surface area (Å²) < 4.78 is 0. The van der Waals surface area contributed by atoms with E-state index >= 15 is 0 Å². The van der Waals surface area contributed by atoms with Gasteiger partial charge in [0.2, 0.25) is 5.91 Å². The summed E-state index contributed by atoms with van der Waals surface area (Å²) in [5.41, 5.74) is 1.96. The number of aromatic amines is 1. The van der Waals surface area contributed by atoms with E-state index in [2.05, 4.69) is 34.4 Å². The van der Waals surface area contributed by atoms with E-state index in [1.807, 2.05) is 24.3 Å². The molecule has 1 aromatic carbocycles. The Balaban J connectivity index is 1.78. The molecule has 0 radical (unpaired) electrons. The van der Waals surface area contributed by atoms with Crippen molar-refractivity contribution < 1.29 is 4.79 Å². The molecule has 0 aliphatic carbocycles. The van der Waals surface area contributed by atoms with Crippen LogP contribution in [0.5, 0.6) is 0 Å². The maximum atomic E-state index is 12.5. The van der Waals surface area contributed by atoms with Crippen molar-refractivity contribution in [1.29, 1.82) is 0 Å². The quantitative estimate of drug-likeness (QED) is 0.812. The van der Waals surface area contributed by atoms with E-state index in [0.29, 0.717) is 0 Å². The van der Waals surface area contributed by atoms with Crippen molar-refractivity contribution in [3.05, 3.63) is 30.1 Å². The van der Waals surface area contributed by atoms with Gasteiger partial charge in [-0.05, 0) is 44.0 Å². The second-order valence-electron chi connectivity index (χ2n) is 6.39. The normalized spacial score (nSPS) is 17.8. The summed E-state index contributed by atoms with van der Waals surface area (Å²) in [7, 11) is 0. The van der Waals surface area contributed by atoms with Crippen molar-refractivity contribution in [3.8, 4) is 0 Å². The Labute approximate surface area is 130 Å². The lowest BCUT2D eigenvalue weighted by Gasteiger charge is -2.26. The first kappa shape index (κ1) is 15.0. The number of hydrogen-bond acceptors (Lipinski definition) is 3. The van der Waals surface area contributed by atoms with Crippen LogP contribution in [0, 0.1) is 11.8 Å². The average Bonchev–Trinajstić information content (AvgIpc) is 2.96. The molecule has 0 spiro atoms. The molecule has 1 aliphatic rings. The second-order valence-corrected chi connectivity index (χ2v) is 6.39. The number of H-pyrrole nitrogens is 1. The molecule has 0 bridgehead atoms. The Hall–Kier alpha value is -1.88. The van der Waals surface area contributed by atoms with E-state index in [0.717, 1.165) is 42.8 Å². The fraction of sp³-hybridized carbons (Fsp3) is 0.529. The lowest BCUT2D eigenvalue weighted by Crippen LogP contribution is -2.41. The molecule has 2 aromatic rings. The van der Waals surface area contributed by atoms with E-state index in [1.54, 1.807) is 0 Å². The van der Waals surface area contributed by atoms with Gasteiger partial charge in [-0.15, -0.1) is 0 Å². The number of nitrogens with one attached hydrogen (secondary N) is 3. The fourth-order valence-corrected chi connectivity index (χ4v) is 3.03. The van der Waals surface area contributed by atoms with Crippen molar-refractivity contribution >= 4 is 16.9 Å². The van der Waals surface area contributed by atoms with Gasteiger partial charge in [0.1, 0.15) is 5.82 Å². The molecule has 2 heterocycles. The fourth-order valence-electron chi connectivity index (χ4n) is 3.03. The van der Waals surface area contributed by atoms with Gasteiger partial charge in [-0.2, -0.15) is 0 Å². The number of aromatic nitrogens is 2. The van der Waals surface area contributed by atoms with Crippen LogP contribution >= 0.6 is 0 Å². The molecule has 3 rings (SSSR count). The summed E-state index contributed by atoms with van der Waals surface area (Å²) in [6, 6.07) is 7.89. The topological polar surface area (TPSA) is 69.8 Å². The van der Waals surface area contributed by atoms with Crippen molar-refractivity contribution in [2.24, 2.45) is 11.8 Å². The van der Waals surface area contributed by atoms with Crippen molar-refractivity contribution in [2.45, 2.75) is 32.7 Å². The van der Waals surface area contributed by atoms with Gasteiger partial charge in [0, 0.05) is 5.92 Å². The van der Waals surface area contributed by atoms with Crippen LogP contribution < -0.4 is 10.6 Å². The Kier molecular flexibility index (Phi) is 4.43. The van der Waals surface area contributed by atoms with Crippen molar-refractivity contribution in [1.82, 2.24) is 20.6 Å². The van der Waals surface area contributed by atoms with Crippen LogP contribution in [0.2, 0.25) is 0 Å². The zero-order chi connectivity index (χ0) is 15.5. The molecule has 1 aromatic heterocycles. The minimum absolute atomic E-state index is 0.0743. The number of amides is 1. The number of hydrogen-bond donors (Lipinski definition) is 3. The number of nitrogens with zero attached hydrogens (tertiary/aromatic N) is 1. The number of imidazole rings is 1. The van der Waals surface area contributed by atoms with Gasteiger partial charge in [0.15, 0.2) is 0 Å². The number of carbonyl (C=O) groups is 1. The molecular formula is C17H24N4O. The minimum atomic E-state index is -0.0743. The number of carbonyl (C=O) groups excluding carboxylic acids is 1. The molecule has 118 valence electrons. The van der Waals surface area contributed by atoms with Gasteiger partial charge in [-0.25, -0.2) is 4.98 Å². The molecule has 5 heteroatoms. The third-order valence-electron chi connectivity index (χ3n) is 4.38. The molecule has 0 saturated carbocycles. The molecule has 5 nitrogen and oxygen atoms in total. The zero-order valence-corrected chi connectivity index (χ0v) is 13.2. The predicted octanol–water partition coefficient (Wildman–Crippen LogP) is 2.38. The van der Waals surface area contributed by atoms with Gasteiger partial charge in [-0.3, -0.25) is 4.79 Å². The molecule has 1 fully saturated rings. The van der Waals surface area contributed by atoms with E-state index in [4.69, 9.17) is 0 Å².